The van der Waals surface area contributed by atoms with Gasteiger partial charge in [0.1, 0.15) is 0 Å². The molecule has 3 heteroatoms. The van der Waals surface area contributed by atoms with Crippen LogP contribution in [0.2, 0.25) is 0 Å². The predicted octanol–water partition coefficient (Wildman–Crippen LogP) is 2.62. The number of carbonyl (C=O) groups is 1. The first-order valence-corrected chi connectivity index (χ1v) is 7.59. The van der Waals surface area contributed by atoms with Gasteiger partial charge in [-0.2, -0.15) is 0 Å². The van der Waals surface area contributed by atoms with Gasteiger partial charge in [-0.3, -0.25) is 4.79 Å². The van der Waals surface area contributed by atoms with Crippen molar-refractivity contribution < 1.29 is 9.90 Å². The average Bonchev–Trinajstić information content (AvgIpc) is 2.41. The van der Waals surface area contributed by atoms with Gasteiger partial charge in [-0.15, -0.1) is 0 Å². The molecule has 2 fully saturated rings. The van der Waals surface area contributed by atoms with Crippen molar-refractivity contribution in [1.82, 2.24) is 5.32 Å². The van der Waals surface area contributed by atoms with Gasteiger partial charge in [0.05, 0.1) is 5.60 Å². The number of rotatable bonds is 3. The Morgan fingerprint density at radius 2 is 1.78 bits per heavy atom. The lowest BCUT2D eigenvalue weighted by Gasteiger charge is -2.35. The molecule has 2 aliphatic carbocycles. The van der Waals surface area contributed by atoms with Crippen LogP contribution in [-0.4, -0.2) is 23.2 Å². The molecular formula is C15H27NO2. The number of nitrogens with one attached hydrogen (secondary N) is 1. The summed E-state index contributed by atoms with van der Waals surface area (Å²) in [5, 5.41) is 13.4. The Hall–Kier alpha value is -0.570. The molecule has 0 bridgehead atoms. The zero-order valence-corrected chi connectivity index (χ0v) is 11.6. The van der Waals surface area contributed by atoms with Gasteiger partial charge in [-0.1, -0.05) is 26.2 Å². The van der Waals surface area contributed by atoms with Crippen molar-refractivity contribution in [2.45, 2.75) is 70.3 Å². The highest BCUT2D eigenvalue weighted by Gasteiger charge is 2.32. The van der Waals surface area contributed by atoms with E-state index in [0.717, 1.165) is 44.4 Å². The first-order valence-electron chi connectivity index (χ1n) is 7.59. The van der Waals surface area contributed by atoms with Crippen molar-refractivity contribution in [2.75, 3.05) is 6.54 Å². The van der Waals surface area contributed by atoms with Gasteiger partial charge in [0.2, 0.25) is 5.91 Å². The number of carbonyl (C=O) groups excluding carboxylic acids is 1. The average molecular weight is 253 g/mol. The zero-order valence-electron chi connectivity index (χ0n) is 11.6. The molecule has 0 spiro atoms. The van der Waals surface area contributed by atoms with E-state index >= 15 is 0 Å². The first kappa shape index (κ1) is 13.9. The molecule has 3 nitrogen and oxygen atoms in total. The summed E-state index contributed by atoms with van der Waals surface area (Å²) in [5.74, 6) is 1.09. The summed E-state index contributed by atoms with van der Waals surface area (Å²) < 4.78 is 0. The van der Waals surface area contributed by atoms with Crippen LogP contribution < -0.4 is 5.32 Å². The second-order valence-corrected chi connectivity index (χ2v) is 6.46. The van der Waals surface area contributed by atoms with Crippen molar-refractivity contribution in [3.63, 3.8) is 0 Å². The lowest BCUT2D eigenvalue weighted by Crippen LogP contribution is -2.46. The van der Waals surface area contributed by atoms with E-state index in [-0.39, 0.29) is 11.8 Å². The van der Waals surface area contributed by atoms with Crippen LogP contribution in [0.5, 0.6) is 0 Å². The monoisotopic (exact) mass is 253 g/mol. The van der Waals surface area contributed by atoms with Crippen LogP contribution in [0.15, 0.2) is 0 Å². The number of hydrogen-bond acceptors (Lipinski definition) is 2. The van der Waals surface area contributed by atoms with Gasteiger partial charge in [0.15, 0.2) is 0 Å². The van der Waals surface area contributed by atoms with Gasteiger partial charge in [0.25, 0.3) is 0 Å². The maximum atomic E-state index is 12.0. The Morgan fingerprint density at radius 1 is 1.17 bits per heavy atom. The van der Waals surface area contributed by atoms with Crippen LogP contribution in [-0.2, 0) is 4.79 Å². The Balaban J connectivity index is 1.74. The molecule has 0 atom stereocenters. The third kappa shape index (κ3) is 3.71. The molecule has 2 N–H and O–H groups in total. The molecule has 18 heavy (non-hydrogen) atoms. The molecule has 1 amide bonds. The molecule has 2 aliphatic rings. The number of aliphatic hydroxyl groups is 1. The Labute approximate surface area is 110 Å². The molecule has 0 aliphatic heterocycles. The minimum absolute atomic E-state index is 0.168. The number of hydrogen-bond donors (Lipinski definition) is 2. The van der Waals surface area contributed by atoms with Crippen molar-refractivity contribution in [3.05, 3.63) is 0 Å². The van der Waals surface area contributed by atoms with Gasteiger partial charge in [-0.25, -0.2) is 0 Å². The van der Waals surface area contributed by atoms with Crippen LogP contribution in [0.3, 0.4) is 0 Å². The molecule has 0 aromatic heterocycles. The highest BCUT2D eigenvalue weighted by atomic mass is 16.3. The predicted molar refractivity (Wildman–Crippen MR) is 72.2 cm³/mol. The van der Waals surface area contributed by atoms with Crippen molar-refractivity contribution >= 4 is 5.91 Å². The van der Waals surface area contributed by atoms with Crippen LogP contribution in [0.4, 0.5) is 0 Å². The SMILES string of the molecule is CC1CCC(O)(CNC(=O)C2CCCCC2)CC1. The first-order chi connectivity index (χ1) is 8.59. The van der Waals surface area contributed by atoms with E-state index in [1.807, 2.05) is 0 Å². The maximum absolute atomic E-state index is 12.0. The van der Waals surface area contributed by atoms with E-state index < -0.39 is 5.60 Å². The molecule has 2 rings (SSSR count). The highest BCUT2D eigenvalue weighted by molar-refractivity contribution is 5.78. The molecule has 104 valence electrons. The van der Waals surface area contributed by atoms with Crippen LogP contribution in [0.1, 0.15) is 64.7 Å². The summed E-state index contributed by atoms with van der Waals surface area (Å²) >= 11 is 0. The van der Waals surface area contributed by atoms with E-state index in [2.05, 4.69) is 12.2 Å². The smallest absolute Gasteiger partial charge is 0.223 e. The van der Waals surface area contributed by atoms with Gasteiger partial charge in [-0.05, 0) is 44.4 Å². The molecule has 0 aromatic rings. The lowest BCUT2D eigenvalue weighted by molar-refractivity contribution is -0.127. The molecular weight excluding hydrogens is 226 g/mol. The zero-order chi connectivity index (χ0) is 13.0. The topological polar surface area (TPSA) is 49.3 Å². The fraction of sp³-hybridized carbons (Fsp3) is 0.933. The summed E-state index contributed by atoms with van der Waals surface area (Å²) in [4.78, 5) is 12.0. The second kappa shape index (κ2) is 6.05. The summed E-state index contributed by atoms with van der Waals surface area (Å²) in [5.41, 5.74) is -0.642. The van der Waals surface area contributed by atoms with Crippen LogP contribution in [0.25, 0.3) is 0 Å². The Kier molecular flexibility index (Phi) is 4.66. The van der Waals surface area contributed by atoms with E-state index in [4.69, 9.17) is 0 Å². The minimum Gasteiger partial charge on any atom is -0.388 e. The molecule has 0 unspecified atom stereocenters. The highest BCUT2D eigenvalue weighted by Crippen LogP contribution is 2.31. The lowest BCUT2D eigenvalue weighted by atomic mass is 9.79. The quantitative estimate of drug-likeness (QED) is 0.812. The Morgan fingerprint density at radius 3 is 2.39 bits per heavy atom. The van der Waals surface area contributed by atoms with Crippen molar-refractivity contribution in [2.24, 2.45) is 11.8 Å². The molecule has 0 saturated heterocycles. The maximum Gasteiger partial charge on any atom is 0.223 e. The Bertz CT molecular complexity index is 276. The van der Waals surface area contributed by atoms with Gasteiger partial charge in [0, 0.05) is 12.5 Å². The largest absolute Gasteiger partial charge is 0.388 e. The van der Waals surface area contributed by atoms with Crippen LogP contribution in [0, 0.1) is 11.8 Å². The summed E-state index contributed by atoms with van der Waals surface area (Å²) in [6.45, 7) is 2.69. The fourth-order valence-electron chi connectivity index (χ4n) is 3.24. The molecule has 2 saturated carbocycles. The summed E-state index contributed by atoms with van der Waals surface area (Å²) in [6.07, 6.45) is 9.51. The third-order valence-corrected chi connectivity index (χ3v) is 4.77. The van der Waals surface area contributed by atoms with Crippen molar-refractivity contribution in [3.8, 4) is 0 Å². The van der Waals surface area contributed by atoms with E-state index in [9.17, 15) is 9.90 Å². The standard InChI is InChI=1S/C15H27NO2/c1-12-7-9-15(18,10-8-12)11-16-14(17)13-5-3-2-4-6-13/h12-13,18H,2-11H2,1H3,(H,16,17). The molecule has 0 radical (unpaired) electrons. The summed E-state index contributed by atoms with van der Waals surface area (Å²) in [7, 11) is 0. The van der Waals surface area contributed by atoms with Gasteiger partial charge < -0.3 is 10.4 Å². The van der Waals surface area contributed by atoms with Crippen molar-refractivity contribution in [1.29, 1.82) is 0 Å². The van der Waals surface area contributed by atoms with E-state index in [0.29, 0.717) is 6.54 Å². The fourth-order valence-corrected chi connectivity index (χ4v) is 3.24. The van der Waals surface area contributed by atoms with Crippen LogP contribution >= 0.6 is 0 Å². The normalized spacial score (nSPS) is 34.2. The third-order valence-electron chi connectivity index (χ3n) is 4.77. The summed E-state index contributed by atoms with van der Waals surface area (Å²) in [6, 6.07) is 0. The molecule has 0 heterocycles. The van der Waals surface area contributed by atoms with E-state index in [1.54, 1.807) is 0 Å². The minimum atomic E-state index is -0.642. The van der Waals surface area contributed by atoms with E-state index in [1.165, 1.54) is 19.3 Å². The second-order valence-electron chi connectivity index (χ2n) is 6.46. The number of amides is 1. The van der Waals surface area contributed by atoms with Gasteiger partial charge >= 0.3 is 0 Å². The molecule has 0 aromatic carbocycles.